The molecule has 14 heavy (non-hydrogen) atoms. The van der Waals surface area contributed by atoms with Gasteiger partial charge in [-0.3, -0.25) is 4.79 Å². The molecule has 2 heterocycles. The summed E-state index contributed by atoms with van der Waals surface area (Å²) in [6.07, 6.45) is 2.96. The van der Waals surface area contributed by atoms with Crippen molar-refractivity contribution in [2.45, 2.75) is 37.9 Å². The molecular weight excluding hydrogens is 182 g/mol. The number of nitrogens with zero attached hydrogens (tertiary/aromatic N) is 1. The summed E-state index contributed by atoms with van der Waals surface area (Å²) < 4.78 is 5.33. The molecule has 1 N–H and O–H groups in total. The van der Waals surface area contributed by atoms with Crippen LogP contribution in [-0.2, 0) is 9.53 Å². The van der Waals surface area contributed by atoms with E-state index in [1.807, 2.05) is 0 Å². The average molecular weight is 199 g/mol. The first-order valence-electron chi connectivity index (χ1n) is 5.36. The average Bonchev–Trinajstić information content (AvgIpc) is 2.69. The highest BCUT2D eigenvalue weighted by Crippen LogP contribution is 2.17. The van der Waals surface area contributed by atoms with Gasteiger partial charge in [-0.05, 0) is 25.7 Å². The monoisotopic (exact) mass is 199 g/mol. The van der Waals surface area contributed by atoms with Crippen LogP contribution in [0.5, 0.6) is 0 Å². The summed E-state index contributed by atoms with van der Waals surface area (Å²) in [7, 11) is 0. The minimum atomic E-state index is -0.339. The molecule has 1 amide bonds. The fourth-order valence-corrected chi connectivity index (χ4v) is 2.13. The highest BCUT2D eigenvalue weighted by molar-refractivity contribution is 5.81. The summed E-state index contributed by atoms with van der Waals surface area (Å²) in [4.78, 5) is 13.6. The maximum absolute atomic E-state index is 11.8. The zero-order valence-corrected chi connectivity index (χ0v) is 8.32. The Bertz CT molecular complexity index is 213. The highest BCUT2D eigenvalue weighted by atomic mass is 16.5. The fraction of sp³-hybridized carbons (Fsp3) is 0.900. The molecule has 0 aliphatic carbocycles. The molecule has 2 saturated heterocycles. The van der Waals surface area contributed by atoms with E-state index in [0.29, 0.717) is 13.2 Å². The molecular formula is C10H17NO3. The van der Waals surface area contributed by atoms with Crippen molar-refractivity contribution in [1.29, 1.82) is 0 Å². The van der Waals surface area contributed by atoms with Crippen molar-refractivity contribution in [2.24, 2.45) is 0 Å². The summed E-state index contributed by atoms with van der Waals surface area (Å²) in [5, 5.41) is 9.44. The van der Waals surface area contributed by atoms with Crippen LogP contribution < -0.4 is 0 Å². The molecule has 2 atom stereocenters. The summed E-state index contributed by atoms with van der Waals surface area (Å²) in [6, 6.07) is 0. The van der Waals surface area contributed by atoms with E-state index in [9.17, 15) is 9.90 Å². The molecule has 0 unspecified atom stereocenters. The van der Waals surface area contributed by atoms with Crippen LogP contribution in [0.15, 0.2) is 0 Å². The maximum atomic E-state index is 11.8. The van der Waals surface area contributed by atoms with Crippen LogP contribution in [0.1, 0.15) is 25.7 Å². The molecule has 0 spiro atoms. The third-order valence-electron chi connectivity index (χ3n) is 2.91. The Morgan fingerprint density at radius 2 is 2.21 bits per heavy atom. The molecule has 2 aliphatic rings. The van der Waals surface area contributed by atoms with E-state index in [0.717, 1.165) is 32.2 Å². The van der Waals surface area contributed by atoms with Gasteiger partial charge in [0.1, 0.15) is 6.10 Å². The molecule has 0 saturated carbocycles. The van der Waals surface area contributed by atoms with Gasteiger partial charge in [-0.2, -0.15) is 0 Å². The van der Waals surface area contributed by atoms with Gasteiger partial charge in [0.25, 0.3) is 5.91 Å². The van der Waals surface area contributed by atoms with Crippen molar-refractivity contribution in [2.75, 3.05) is 19.7 Å². The predicted octanol–water partition coefficient (Wildman–Crippen LogP) is 0.149. The molecule has 2 aliphatic heterocycles. The number of aliphatic hydroxyl groups excluding tert-OH is 1. The zero-order valence-electron chi connectivity index (χ0n) is 8.32. The molecule has 2 rings (SSSR count). The molecule has 0 aromatic heterocycles. The molecule has 0 radical (unpaired) electrons. The summed E-state index contributed by atoms with van der Waals surface area (Å²) in [5.41, 5.74) is 0. The quantitative estimate of drug-likeness (QED) is 0.654. The largest absolute Gasteiger partial charge is 0.391 e. The first-order chi connectivity index (χ1) is 6.77. The Balaban J connectivity index is 1.89. The number of hydrogen-bond acceptors (Lipinski definition) is 3. The minimum Gasteiger partial charge on any atom is -0.391 e. The van der Waals surface area contributed by atoms with Crippen molar-refractivity contribution < 1.29 is 14.6 Å². The Kier molecular flexibility index (Phi) is 3.03. The van der Waals surface area contributed by atoms with Gasteiger partial charge in [-0.25, -0.2) is 0 Å². The first-order valence-corrected chi connectivity index (χ1v) is 5.36. The Hall–Kier alpha value is -0.610. The van der Waals surface area contributed by atoms with Gasteiger partial charge >= 0.3 is 0 Å². The van der Waals surface area contributed by atoms with Gasteiger partial charge in [0.15, 0.2) is 0 Å². The lowest BCUT2D eigenvalue weighted by molar-refractivity contribution is -0.143. The smallest absolute Gasteiger partial charge is 0.251 e. The summed E-state index contributed by atoms with van der Waals surface area (Å²) >= 11 is 0. The van der Waals surface area contributed by atoms with Crippen LogP contribution in [0.3, 0.4) is 0 Å². The summed E-state index contributed by atoms with van der Waals surface area (Å²) in [6.45, 7) is 1.96. The van der Waals surface area contributed by atoms with Gasteiger partial charge in [-0.1, -0.05) is 0 Å². The van der Waals surface area contributed by atoms with Crippen LogP contribution in [0.25, 0.3) is 0 Å². The molecule has 0 aromatic rings. The number of amides is 1. The molecule has 0 aromatic carbocycles. The van der Waals surface area contributed by atoms with Crippen LogP contribution in [0, 0.1) is 0 Å². The Morgan fingerprint density at radius 1 is 1.36 bits per heavy atom. The lowest BCUT2D eigenvalue weighted by Crippen LogP contribution is -2.46. The number of ether oxygens (including phenoxy) is 1. The number of β-amino-alcohol motifs (C(OH)–C–C–N with tert-alkyl or cyclic N) is 1. The van der Waals surface area contributed by atoms with E-state index in [-0.39, 0.29) is 18.1 Å². The van der Waals surface area contributed by atoms with Crippen molar-refractivity contribution in [3.8, 4) is 0 Å². The van der Waals surface area contributed by atoms with E-state index >= 15 is 0 Å². The number of carbonyl (C=O) groups excluding carboxylic acids is 1. The second-order valence-corrected chi connectivity index (χ2v) is 4.08. The lowest BCUT2D eigenvalue weighted by atomic mass is 10.1. The number of aliphatic hydroxyl groups is 1. The number of rotatable bonds is 1. The van der Waals surface area contributed by atoms with Crippen molar-refractivity contribution in [3.63, 3.8) is 0 Å². The number of likely N-dealkylation sites (tertiary alicyclic amines) is 1. The second kappa shape index (κ2) is 4.28. The number of piperidine rings is 1. The van der Waals surface area contributed by atoms with Crippen molar-refractivity contribution >= 4 is 5.91 Å². The van der Waals surface area contributed by atoms with E-state index in [2.05, 4.69) is 0 Å². The maximum Gasteiger partial charge on any atom is 0.251 e. The zero-order chi connectivity index (χ0) is 9.97. The number of carbonyl (C=O) groups is 1. The minimum absolute atomic E-state index is 0.0706. The van der Waals surface area contributed by atoms with Gasteiger partial charge in [-0.15, -0.1) is 0 Å². The predicted molar refractivity (Wildman–Crippen MR) is 50.8 cm³/mol. The van der Waals surface area contributed by atoms with Gasteiger partial charge in [0, 0.05) is 19.7 Å². The second-order valence-electron chi connectivity index (χ2n) is 4.08. The molecule has 4 heteroatoms. The highest BCUT2D eigenvalue weighted by Gasteiger charge is 2.30. The fourth-order valence-electron chi connectivity index (χ4n) is 2.13. The third kappa shape index (κ3) is 2.07. The SMILES string of the molecule is O=C([C@H]1CCCO1)N1CCC[C@@H](O)C1. The van der Waals surface area contributed by atoms with Crippen molar-refractivity contribution in [1.82, 2.24) is 4.90 Å². The van der Waals surface area contributed by atoms with Gasteiger partial charge in [0.05, 0.1) is 6.10 Å². The Morgan fingerprint density at radius 3 is 2.86 bits per heavy atom. The van der Waals surface area contributed by atoms with Crippen LogP contribution in [0.4, 0.5) is 0 Å². The first kappa shape index (κ1) is 9.93. The summed E-state index contributed by atoms with van der Waals surface area (Å²) in [5.74, 6) is 0.0706. The molecule has 0 bridgehead atoms. The lowest BCUT2D eigenvalue weighted by Gasteiger charge is -2.31. The Labute approximate surface area is 83.8 Å². The van der Waals surface area contributed by atoms with E-state index in [1.54, 1.807) is 4.90 Å². The van der Waals surface area contributed by atoms with Gasteiger partial charge < -0.3 is 14.7 Å². The van der Waals surface area contributed by atoms with Crippen LogP contribution >= 0.6 is 0 Å². The van der Waals surface area contributed by atoms with E-state index < -0.39 is 0 Å². The van der Waals surface area contributed by atoms with Crippen molar-refractivity contribution in [3.05, 3.63) is 0 Å². The van der Waals surface area contributed by atoms with Crippen LogP contribution in [-0.4, -0.2) is 47.8 Å². The third-order valence-corrected chi connectivity index (χ3v) is 2.91. The van der Waals surface area contributed by atoms with E-state index in [1.165, 1.54) is 0 Å². The molecule has 4 nitrogen and oxygen atoms in total. The normalized spacial score (nSPS) is 33.4. The topological polar surface area (TPSA) is 49.8 Å². The number of hydrogen-bond donors (Lipinski definition) is 1. The van der Waals surface area contributed by atoms with E-state index in [4.69, 9.17) is 4.74 Å². The molecule has 80 valence electrons. The standard InChI is InChI=1S/C10H17NO3/c12-8-3-1-5-11(7-8)10(13)9-4-2-6-14-9/h8-9,12H,1-7H2/t8-,9-/m1/s1. The molecule has 2 fully saturated rings. The van der Waals surface area contributed by atoms with Crippen LogP contribution in [0.2, 0.25) is 0 Å². The van der Waals surface area contributed by atoms with Gasteiger partial charge in [0.2, 0.25) is 0 Å².